The van der Waals surface area contributed by atoms with Gasteiger partial charge in [-0.1, -0.05) is 20.8 Å². The van der Waals surface area contributed by atoms with E-state index in [1.165, 1.54) is 0 Å². The molecule has 0 aromatic carbocycles. The average Bonchev–Trinajstić information content (AvgIpc) is 2.62. The van der Waals surface area contributed by atoms with Crippen molar-refractivity contribution in [3.63, 3.8) is 0 Å². The molecule has 0 saturated carbocycles. The van der Waals surface area contributed by atoms with Gasteiger partial charge in [0.25, 0.3) is 0 Å². The van der Waals surface area contributed by atoms with Gasteiger partial charge in [-0.15, -0.1) is 0 Å². The molecule has 0 radical (unpaired) electrons. The van der Waals surface area contributed by atoms with E-state index in [-0.39, 0.29) is 23.0 Å². The first-order chi connectivity index (χ1) is 7.56. The number of rotatable bonds is 6. The lowest BCUT2D eigenvalue weighted by Crippen LogP contribution is -2.41. The Kier molecular flexibility index (Phi) is 5.58. The summed E-state index contributed by atoms with van der Waals surface area (Å²) < 4.78 is 14.5. The highest BCUT2D eigenvalue weighted by Crippen LogP contribution is 2.16. The van der Waals surface area contributed by atoms with Crippen molar-refractivity contribution >= 4 is 16.8 Å². The average molecular weight is 246 g/mol. The molecule has 0 amide bonds. The Morgan fingerprint density at radius 1 is 1.56 bits per heavy atom. The fourth-order valence-corrected chi connectivity index (χ4v) is 3.22. The van der Waals surface area contributed by atoms with E-state index in [2.05, 4.69) is 10.0 Å². The molecule has 0 spiro atoms. The third-order valence-corrected chi connectivity index (χ3v) is 4.40. The van der Waals surface area contributed by atoms with E-state index in [0.717, 1.165) is 19.5 Å². The van der Waals surface area contributed by atoms with E-state index in [1.54, 1.807) is 0 Å². The predicted molar refractivity (Wildman–Crippen MR) is 66.5 cm³/mol. The van der Waals surface area contributed by atoms with Gasteiger partial charge in [-0.2, -0.15) is 0 Å². The third kappa shape index (κ3) is 3.64. The molecule has 94 valence electrons. The fraction of sp³-hybridized carbons (Fsp3) is 0.909. The molecule has 0 aromatic rings. The van der Waals surface area contributed by atoms with E-state index in [0.29, 0.717) is 6.42 Å². The van der Waals surface area contributed by atoms with Crippen LogP contribution < -0.4 is 10.0 Å². The lowest BCUT2D eigenvalue weighted by molar-refractivity contribution is -0.124. The van der Waals surface area contributed by atoms with Crippen LogP contribution >= 0.6 is 0 Å². The maximum Gasteiger partial charge on any atom is 0.152 e. The summed E-state index contributed by atoms with van der Waals surface area (Å²) in [6.07, 6.45) is 1.59. The minimum Gasteiger partial charge on any atom is -0.308 e. The van der Waals surface area contributed by atoms with E-state index in [4.69, 9.17) is 0 Å². The number of nitrogens with one attached hydrogen (secondary N) is 2. The van der Waals surface area contributed by atoms with E-state index >= 15 is 0 Å². The normalized spacial score (nSPS) is 27.2. The lowest BCUT2D eigenvalue weighted by Gasteiger charge is -2.21. The Balaban J connectivity index is 2.56. The van der Waals surface area contributed by atoms with Gasteiger partial charge in [0.1, 0.15) is 0 Å². The molecular formula is C11H22N2O2S. The Hall–Kier alpha value is -0.260. The van der Waals surface area contributed by atoms with Crippen LogP contribution in [0.25, 0.3) is 0 Å². The summed E-state index contributed by atoms with van der Waals surface area (Å²) >= 11 is 0. The minimum absolute atomic E-state index is 0.0341. The molecule has 0 aromatic heterocycles. The van der Waals surface area contributed by atoms with Crippen LogP contribution in [0.1, 0.15) is 33.6 Å². The summed E-state index contributed by atoms with van der Waals surface area (Å²) in [5.41, 5.74) is 0. The van der Waals surface area contributed by atoms with Crippen molar-refractivity contribution in [1.82, 2.24) is 10.0 Å². The monoisotopic (exact) mass is 246 g/mol. The number of hydrogen-bond donors (Lipinski definition) is 2. The second-order valence-electron chi connectivity index (χ2n) is 4.51. The van der Waals surface area contributed by atoms with Gasteiger partial charge in [0.15, 0.2) is 5.78 Å². The lowest BCUT2D eigenvalue weighted by atomic mass is 9.97. The van der Waals surface area contributed by atoms with Crippen LogP contribution in [0.5, 0.6) is 0 Å². The van der Waals surface area contributed by atoms with Crippen molar-refractivity contribution in [3.8, 4) is 0 Å². The van der Waals surface area contributed by atoms with Gasteiger partial charge in [0.05, 0.1) is 22.3 Å². The Bertz CT molecular complexity index is 269. The number of carbonyl (C=O) groups is 1. The van der Waals surface area contributed by atoms with Crippen LogP contribution in [0.3, 0.4) is 0 Å². The summed E-state index contributed by atoms with van der Waals surface area (Å²) in [7, 11) is -0.957. The van der Waals surface area contributed by atoms with Gasteiger partial charge in [-0.25, -0.2) is 8.93 Å². The molecule has 1 rings (SSSR count). The summed E-state index contributed by atoms with van der Waals surface area (Å²) in [6.45, 7) is 7.39. The Labute approximate surface area is 100 Å². The predicted octanol–water partition coefficient (Wildman–Crippen LogP) is 0.605. The number of likely N-dealkylation sites (N-methyl/N-ethyl adjacent to an activating group) is 1. The van der Waals surface area contributed by atoms with Crippen molar-refractivity contribution < 1.29 is 9.00 Å². The maximum atomic E-state index is 11.9. The van der Waals surface area contributed by atoms with Gasteiger partial charge in [-0.3, -0.25) is 4.79 Å². The standard InChI is InChI=1S/C11H22N2O2S/c1-4-12-10(11(14)8(2)3)7-9-5-6-13-16(9)15/h8-10,12-13H,4-7H2,1-3H3. The highest BCUT2D eigenvalue weighted by atomic mass is 32.2. The van der Waals surface area contributed by atoms with Crippen LogP contribution in [0.15, 0.2) is 0 Å². The van der Waals surface area contributed by atoms with Crippen LogP contribution in [-0.2, 0) is 15.8 Å². The molecule has 1 saturated heterocycles. The second-order valence-corrected chi connectivity index (χ2v) is 6.06. The highest BCUT2D eigenvalue weighted by Gasteiger charge is 2.29. The quantitative estimate of drug-likeness (QED) is 0.722. The van der Waals surface area contributed by atoms with Crippen molar-refractivity contribution in [2.24, 2.45) is 5.92 Å². The van der Waals surface area contributed by atoms with Crippen molar-refractivity contribution in [2.75, 3.05) is 13.1 Å². The smallest absolute Gasteiger partial charge is 0.152 e. The van der Waals surface area contributed by atoms with Crippen LogP contribution in [0.4, 0.5) is 0 Å². The number of hydrogen-bond acceptors (Lipinski definition) is 3. The van der Waals surface area contributed by atoms with Crippen LogP contribution in [-0.4, -0.2) is 34.4 Å². The molecule has 1 heterocycles. The summed E-state index contributed by atoms with van der Waals surface area (Å²) in [6, 6.07) is -0.140. The topological polar surface area (TPSA) is 58.2 Å². The largest absolute Gasteiger partial charge is 0.308 e. The van der Waals surface area contributed by atoms with E-state index < -0.39 is 11.0 Å². The molecule has 1 aliphatic rings. The van der Waals surface area contributed by atoms with Gasteiger partial charge in [0.2, 0.25) is 0 Å². The molecule has 16 heavy (non-hydrogen) atoms. The third-order valence-electron chi connectivity index (χ3n) is 2.87. The van der Waals surface area contributed by atoms with Gasteiger partial charge in [0, 0.05) is 12.5 Å². The van der Waals surface area contributed by atoms with E-state index in [9.17, 15) is 9.00 Å². The minimum atomic E-state index is -0.957. The zero-order valence-electron chi connectivity index (χ0n) is 10.3. The molecule has 1 aliphatic heterocycles. The van der Waals surface area contributed by atoms with Crippen LogP contribution in [0.2, 0.25) is 0 Å². The summed E-state index contributed by atoms with van der Waals surface area (Å²) in [4.78, 5) is 11.9. The summed E-state index contributed by atoms with van der Waals surface area (Å²) in [5, 5.41) is 3.32. The van der Waals surface area contributed by atoms with Crippen molar-refractivity contribution in [3.05, 3.63) is 0 Å². The number of Topliss-reactive ketones (excluding diaryl/α,β-unsaturated/α-hetero) is 1. The number of ketones is 1. The van der Waals surface area contributed by atoms with Crippen LogP contribution in [0, 0.1) is 5.92 Å². The fourth-order valence-electron chi connectivity index (χ4n) is 1.96. The first kappa shape index (κ1) is 13.8. The highest BCUT2D eigenvalue weighted by molar-refractivity contribution is 7.83. The molecule has 1 fully saturated rings. The number of carbonyl (C=O) groups excluding carboxylic acids is 1. The Morgan fingerprint density at radius 2 is 2.25 bits per heavy atom. The summed E-state index contributed by atoms with van der Waals surface area (Å²) in [5.74, 6) is 0.262. The van der Waals surface area contributed by atoms with Crippen molar-refractivity contribution in [1.29, 1.82) is 0 Å². The zero-order chi connectivity index (χ0) is 12.1. The zero-order valence-corrected chi connectivity index (χ0v) is 11.1. The van der Waals surface area contributed by atoms with Gasteiger partial charge in [-0.05, 0) is 19.4 Å². The Morgan fingerprint density at radius 3 is 2.69 bits per heavy atom. The maximum absolute atomic E-state index is 11.9. The molecule has 2 N–H and O–H groups in total. The first-order valence-corrected chi connectivity index (χ1v) is 7.18. The molecular weight excluding hydrogens is 224 g/mol. The second kappa shape index (κ2) is 6.47. The molecule has 5 heteroatoms. The molecule has 3 unspecified atom stereocenters. The molecule has 0 bridgehead atoms. The van der Waals surface area contributed by atoms with Crippen molar-refractivity contribution in [2.45, 2.75) is 44.9 Å². The molecule has 3 atom stereocenters. The SMILES string of the molecule is CCNC(CC1CCNS1=O)C(=O)C(C)C. The van der Waals surface area contributed by atoms with Gasteiger partial charge < -0.3 is 5.32 Å². The molecule has 4 nitrogen and oxygen atoms in total. The molecule has 0 aliphatic carbocycles. The van der Waals surface area contributed by atoms with E-state index in [1.807, 2.05) is 20.8 Å². The van der Waals surface area contributed by atoms with Gasteiger partial charge >= 0.3 is 0 Å². The first-order valence-electron chi connectivity index (χ1n) is 5.97.